The number of nitrogens with zero attached hydrogens (tertiary/aromatic N) is 3. The van der Waals surface area contributed by atoms with E-state index in [0.29, 0.717) is 6.04 Å². The molecule has 0 aromatic carbocycles. The molecular formula is C16H31N5O2. The van der Waals surface area contributed by atoms with Crippen molar-refractivity contribution in [3.8, 4) is 0 Å². The summed E-state index contributed by atoms with van der Waals surface area (Å²) in [5.41, 5.74) is -0.211. The number of carbonyl (C=O) groups is 1. The largest absolute Gasteiger partial charge is 0.379 e. The van der Waals surface area contributed by atoms with Crippen molar-refractivity contribution < 1.29 is 9.53 Å². The molecule has 132 valence electrons. The van der Waals surface area contributed by atoms with Crippen molar-refractivity contribution >= 4 is 11.9 Å². The Labute approximate surface area is 139 Å². The van der Waals surface area contributed by atoms with Gasteiger partial charge in [0.05, 0.1) is 19.8 Å². The number of carbonyl (C=O) groups excluding carboxylic acids is 1. The molecule has 0 aromatic heterocycles. The van der Waals surface area contributed by atoms with Crippen LogP contribution < -0.4 is 10.6 Å². The maximum absolute atomic E-state index is 11.9. The summed E-state index contributed by atoms with van der Waals surface area (Å²) in [6, 6.07) is 0.556. The van der Waals surface area contributed by atoms with Gasteiger partial charge >= 0.3 is 0 Å². The van der Waals surface area contributed by atoms with Gasteiger partial charge in [-0.2, -0.15) is 0 Å². The van der Waals surface area contributed by atoms with Gasteiger partial charge in [-0.1, -0.05) is 0 Å². The quantitative estimate of drug-likeness (QED) is 0.559. The summed E-state index contributed by atoms with van der Waals surface area (Å²) >= 11 is 0. The van der Waals surface area contributed by atoms with Crippen LogP contribution in [-0.4, -0.2) is 86.2 Å². The Morgan fingerprint density at radius 2 is 1.96 bits per heavy atom. The van der Waals surface area contributed by atoms with E-state index in [1.807, 2.05) is 20.8 Å². The monoisotopic (exact) mass is 325 g/mol. The fourth-order valence-corrected chi connectivity index (χ4v) is 3.13. The van der Waals surface area contributed by atoms with Gasteiger partial charge in [-0.3, -0.25) is 14.7 Å². The summed E-state index contributed by atoms with van der Waals surface area (Å²) in [6.45, 7) is 11.8. The number of rotatable bonds is 3. The number of hydrogen-bond donors (Lipinski definition) is 2. The number of likely N-dealkylation sites (tertiary alicyclic amines) is 1. The Hall–Kier alpha value is -1.34. The minimum Gasteiger partial charge on any atom is -0.379 e. The van der Waals surface area contributed by atoms with Gasteiger partial charge in [0.25, 0.3) is 0 Å². The molecule has 0 spiro atoms. The van der Waals surface area contributed by atoms with Crippen molar-refractivity contribution in [2.24, 2.45) is 4.99 Å². The first-order valence-electron chi connectivity index (χ1n) is 8.47. The van der Waals surface area contributed by atoms with E-state index < -0.39 is 0 Å². The van der Waals surface area contributed by atoms with Crippen molar-refractivity contribution in [3.63, 3.8) is 0 Å². The number of amides is 1. The fraction of sp³-hybridized carbons (Fsp3) is 0.875. The molecule has 1 unspecified atom stereocenters. The van der Waals surface area contributed by atoms with Gasteiger partial charge in [0.2, 0.25) is 5.91 Å². The first-order chi connectivity index (χ1) is 10.9. The zero-order chi connectivity index (χ0) is 16.9. The molecule has 0 radical (unpaired) electrons. The van der Waals surface area contributed by atoms with Gasteiger partial charge in [-0.05, 0) is 27.2 Å². The van der Waals surface area contributed by atoms with E-state index in [-0.39, 0.29) is 18.0 Å². The van der Waals surface area contributed by atoms with E-state index in [9.17, 15) is 4.79 Å². The summed E-state index contributed by atoms with van der Waals surface area (Å²) < 4.78 is 5.42. The third kappa shape index (κ3) is 5.66. The van der Waals surface area contributed by atoms with E-state index in [0.717, 1.165) is 51.8 Å². The second-order valence-electron chi connectivity index (χ2n) is 7.24. The Bertz CT molecular complexity index is 427. The summed E-state index contributed by atoms with van der Waals surface area (Å²) in [5, 5.41) is 6.13. The highest BCUT2D eigenvalue weighted by Crippen LogP contribution is 2.16. The fourth-order valence-electron chi connectivity index (χ4n) is 3.13. The Balaban J connectivity index is 1.79. The van der Waals surface area contributed by atoms with Crippen molar-refractivity contribution in [2.75, 3.05) is 53.0 Å². The normalized spacial score (nSPS) is 23.9. The highest BCUT2D eigenvalue weighted by atomic mass is 16.5. The molecule has 2 fully saturated rings. The van der Waals surface area contributed by atoms with Gasteiger partial charge in [0, 0.05) is 44.8 Å². The topological polar surface area (TPSA) is 69.2 Å². The summed E-state index contributed by atoms with van der Waals surface area (Å²) in [4.78, 5) is 21.0. The van der Waals surface area contributed by atoms with Crippen LogP contribution in [-0.2, 0) is 9.53 Å². The van der Waals surface area contributed by atoms with Gasteiger partial charge in [-0.15, -0.1) is 0 Å². The minimum atomic E-state index is -0.211. The highest BCUT2D eigenvalue weighted by Gasteiger charge is 2.30. The van der Waals surface area contributed by atoms with E-state index in [1.54, 1.807) is 7.05 Å². The van der Waals surface area contributed by atoms with Crippen LogP contribution in [0, 0.1) is 0 Å². The van der Waals surface area contributed by atoms with Gasteiger partial charge in [0.1, 0.15) is 0 Å². The number of guanidine groups is 1. The molecule has 2 N–H and O–H groups in total. The van der Waals surface area contributed by atoms with Crippen LogP contribution in [0.15, 0.2) is 4.99 Å². The molecule has 0 aromatic rings. The lowest BCUT2D eigenvalue weighted by atomic mass is 10.1. The van der Waals surface area contributed by atoms with E-state index in [1.165, 1.54) is 0 Å². The Morgan fingerprint density at radius 1 is 1.26 bits per heavy atom. The number of hydrogen-bond acceptors (Lipinski definition) is 4. The van der Waals surface area contributed by atoms with Gasteiger partial charge in [-0.25, -0.2) is 0 Å². The van der Waals surface area contributed by atoms with Crippen molar-refractivity contribution in [3.05, 3.63) is 0 Å². The van der Waals surface area contributed by atoms with Crippen molar-refractivity contribution in [2.45, 2.75) is 38.8 Å². The zero-order valence-corrected chi connectivity index (χ0v) is 14.9. The average Bonchev–Trinajstić information content (AvgIpc) is 2.97. The van der Waals surface area contributed by atoms with Crippen LogP contribution in [0.1, 0.15) is 27.2 Å². The zero-order valence-electron chi connectivity index (χ0n) is 14.9. The predicted molar refractivity (Wildman–Crippen MR) is 91.6 cm³/mol. The van der Waals surface area contributed by atoms with Gasteiger partial charge < -0.3 is 20.3 Å². The summed E-state index contributed by atoms with van der Waals surface area (Å²) in [6.07, 6.45) is 1.13. The molecule has 1 amide bonds. The number of ether oxygens (including phenoxy) is 1. The van der Waals surface area contributed by atoms with E-state index in [4.69, 9.17) is 4.74 Å². The standard InChI is InChI=1S/C16H31N5O2/c1-16(2,3)19-14(22)11-18-15(17-4)21-6-5-13(12-21)20-7-9-23-10-8-20/h13H,5-12H2,1-4H3,(H,17,18)(H,19,22). The third-order valence-electron chi connectivity index (χ3n) is 4.16. The van der Waals surface area contributed by atoms with Crippen LogP contribution in [0.3, 0.4) is 0 Å². The molecule has 0 bridgehead atoms. The van der Waals surface area contributed by atoms with Crippen molar-refractivity contribution in [1.29, 1.82) is 0 Å². The molecule has 2 aliphatic heterocycles. The third-order valence-corrected chi connectivity index (χ3v) is 4.16. The molecule has 2 rings (SSSR count). The Kier molecular flexibility index (Phi) is 6.24. The molecule has 2 heterocycles. The van der Waals surface area contributed by atoms with Crippen LogP contribution in [0.4, 0.5) is 0 Å². The number of morpholine rings is 1. The minimum absolute atomic E-state index is 0.0115. The molecule has 0 saturated carbocycles. The molecule has 7 nitrogen and oxygen atoms in total. The molecule has 2 aliphatic rings. The van der Waals surface area contributed by atoms with Crippen LogP contribution in [0.5, 0.6) is 0 Å². The van der Waals surface area contributed by atoms with E-state index >= 15 is 0 Å². The second kappa shape index (κ2) is 7.97. The first-order valence-corrected chi connectivity index (χ1v) is 8.47. The van der Waals surface area contributed by atoms with Crippen LogP contribution in [0.25, 0.3) is 0 Å². The maximum atomic E-state index is 11.9. The lowest BCUT2D eigenvalue weighted by Crippen LogP contribution is -2.50. The first kappa shape index (κ1) is 18.0. The molecular weight excluding hydrogens is 294 g/mol. The molecule has 0 aliphatic carbocycles. The van der Waals surface area contributed by atoms with Crippen LogP contribution in [0.2, 0.25) is 0 Å². The smallest absolute Gasteiger partial charge is 0.239 e. The molecule has 2 saturated heterocycles. The number of aliphatic imine (C=N–C) groups is 1. The molecule has 7 heteroatoms. The van der Waals surface area contributed by atoms with Crippen LogP contribution >= 0.6 is 0 Å². The Morgan fingerprint density at radius 3 is 2.57 bits per heavy atom. The average molecular weight is 325 g/mol. The maximum Gasteiger partial charge on any atom is 0.239 e. The lowest BCUT2D eigenvalue weighted by molar-refractivity contribution is -0.121. The van der Waals surface area contributed by atoms with Gasteiger partial charge in [0.15, 0.2) is 5.96 Å². The number of nitrogens with one attached hydrogen (secondary N) is 2. The van der Waals surface area contributed by atoms with Crippen molar-refractivity contribution in [1.82, 2.24) is 20.4 Å². The summed E-state index contributed by atoms with van der Waals surface area (Å²) in [7, 11) is 1.77. The second-order valence-corrected chi connectivity index (χ2v) is 7.24. The molecule has 1 atom stereocenters. The summed E-state index contributed by atoms with van der Waals surface area (Å²) in [5.74, 6) is 0.799. The highest BCUT2D eigenvalue weighted by molar-refractivity contribution is 5.86. The van der Waals surface area contributed by atoms with E-state index in [2.05, 4.69) is 25.4 Å². The predicted octanol–water partition coefficient (Wildman–Crippen LogP) is -0.117. The molecule has 23 heavy (non-hydrogen) atoms. The lowest BCUT2D eigenvalue weighted by Gasteiger charge is -2.32. The SMILES string of the molecule is CN=C(NCC(=O)NC(C)(C)C)N1CCC(N2CCOCC2)C1.